The maximum atomic E-state index is 13.0. The van der Waals surface area contributed by atoms with Crippen LogP contribution in [0, 0.1) is 5.82 Å². The van der Waals surface area contributed by atoms with Gasteiger partial charge in [0.1, 0.15) is 12.4 Å². The van der Waals surface area contributed by atoms with Crippen LogP contribution >= 0.6 is 27.5 Å². The van der Waals surface area contributed by atoms with Crippen LogP contribution in [0.15, 0.2) is 65.1 Å². The van der Waals surface area contributed by atoms with Gasteiger partial charge >= 0.3 is 0 Å². The van der Waals surface area contributed by atoms with E-state index in [-0.39, 0.29) is 5.82 Å². The third-order valence-electron chi connectivity index (χ3n) is 3.97. The highest BCUT2D eigenvalue weighted by Crippen LogP contribution is 2.34. The van der Waals surface area contributed by atoms with Crippen LogP contribution in [0.4, 0.5) is 10.1 Å². The fourth-order valence-electron chi connectivity index (χ4n) is 2.49. The SMILES string of the molecule is COc1cc(CNc2ccc(Cl)cc2)c(Br)cc1OCc1ccc(F)cc1. The summed E-state index contributed by atoms with van der Waals surface area (Å²) in [6, 6.07) is 17.5. The maximum absolute atomic E-state index is 13.0. The van der Waals surface area contributed by atoms with E-state index >= 15 is 0 Å². The Bertz CT molecular complexity index is 901. The van der Waals surface area contributed by atoms with Gasteiger partial charge in [-0.2, -0.15) is 0 Å². The average Bonchev–Trinajstić information content (AvgIpc) is 2.68. The fourth-order valence-corrected chi connectivity index (χ4v) is 3.08. The number of hydrogen-bond donors (Lipinski definition) is 1. The van der Waals surface area contributed by atoms with Crippen molar-refractivity contribution in [1.82, 2.24) is 0 Å². The summed E-state index contributed by atoms with van der Waals surface area (Å²) in [6.07, 6.45) is 0. The summed E-state index contributed by atoms with van der Waals surface area (Å²) in [5, 5.41) is 4.04. The Labute approximate surface area is 171 Å². The van der Waals surface area contributed by atoms with Crippen molar-refractivity contribution in [2.24, 2.45) is 0 Å². The van der Waals surface area contributed by atoms with Gasteiger partial charge in [-0.1, -0.05) is 39.7 Å². The molecule has 27 heavy (non-hydrogen) atoms. The number of methoxy groups -OCH3 is 1. The molecule has 0 amide bonds. The number of benzene rings is 3. The summed E-state index contributed by atoms with van der Waals surface area (Å²) in [7, 11) is 1.60. The van der Waals surface area contributed by atoms with E-state index in [2.05, 4.69) is 21.2 Å². The minimum atomic E-state index is -0.267. The van der Waals surface area contributed by atoms with Gasteiger partial charge in [-0.25, -0.2) is 4.39 Å². The Morgan fingerprint density at radius 2 is 1.70 bits per heavy atom. The summed E-state index contributed by atoms with van der Waals surface area (Å²) >= 11 is 9.49. The molecular weight excluding hydrogens is 433 g/mol. The molecule has 3 rings (SSSR count). The maximum Gasteiger partial charge on any atom is 0.162 e. The zero-order chi connectivity index (χ0) is 19.2. The zero-order valence-electron chi connectivity index (χ0n) is 14.6. The summed E-state index contributed by atoms with van der Waals surface area (Å²) in [6.45, 7) is 0.933. The van der Waals surface area contributed by atoms with Crippen LogP contribution in [0.5, 0.6) is 11.5 Å². The fraction of sp³-hybridized carbons (Fsp3) is 0.143. The molecule has 0 saturated heterocycles. The van der Waals surface area contributed by atoms with Crippen molar-refractivity contribution in [2.45, 2.75) is 13.2 Å². The van der Waals surface area contributed by atoms with Crippen molar-refractivity contribution in [3.05, 3.63) is 87.1 Å². The van der Waals surface area contributed by atoms with Gasteiger partial charge in [0.15, 0.2) is 11.5 Å². The molecule has 3 aromatic carbocycles. The number of nitrogens with one attached hydrogen (secondary N) is 1. The van der Waals surface area contributed by atoms with Crippen molar-refractivity contribution in [1.29, 1.82) is 0 Å². The predicted octanol–water partition coefficient (Wildman–Crippen LogP) is 6.44. The molecular formula is C21H18BrClFNO2. The summed E-state index contributed by atoms with van der Waals surface area (Å²) in [4.78, 5) is 0. The molecule has 3 nitrogen and oxygen atoms in total. The van der Waals surface area contributed by atoms with E-state index in [0.29, 0.717) is 29.7 Å². The number of halogens is 3. The first kappa shape index (κ1) is 19.5. The van der Waals surface area contributed by atoms with E-state index in [4.69, 9.17) is 21.1 Å². The van der Waals surface area contributed by atoms with Crippen LogP contribution in [0.1, 0.15) is 11.1 Å². The van der Waals surface area contributed by atoms with Gasteiger partial charge in [-0.05, 0) is 59.7 Å². The van der Waals surface area contributed by atoms with Crippen molar-refractivity contribution < 1.29 is 13.9 Å². The zero-order valence-corrected chi connectivity index (χ0v) is 17.0. The topological polar surface area (TPSA) is 30.5 Å². The molecule has 0 atom stereocenters. The van der Waals surface area contributed by atoms with Gasteiger partial charge < -0.3 is 14.8 Å². The number of anilines is 1. The van der Waals surface area contributed by atoms with Crippen LogP contribution < -0.4 is 14.8 Å². The highest BCUT2D eigenvalue weighted by atomic mass is 79.9. The number of ether oxygens (including phenoxy) is 2. The van der Waals surface area contributed by atoms with E-state index in [1.807, 2.05) is 36.4 Å². The lowest BCUT2D eigenvalue weighted by atomic mass is 10.2. The Kier molecular flexibility index (Phi) is 6.58. The van der Waals surface area contributed by atoms with Crippen molar-refractivity contribution in [3.63, 3.8) is 0 Å². The van der Waals surface area contributed by atoms with E-state index in [1.54, 1.807) is 19.2 Å². The van der Waals surface area contributed by atoms with E-state index in [9.17, 15) is 4.39 Å². The standard InChI is InChI=1S/C21H18BrClFNO2/c1-26-20-10-15(12-25-18-8-4-16(23)5-9-18)19(22)11-21(20)27-13-14-2-6-17(24)7-3-14/h2-11,25H,12-13H2,1H3. The van der Waals surface area contributed by atoms with Gasteiger partial charge in [0, 0.05) is 21.7 Å². The van der Waals surface area contributed by atoms with Crippen LogP contribution in [-0.4, -0.2) is 7.11 Å². The first-order valence-electron chi connectivity index (χ1n) is 8.28. The molecule has 140 valence electrons. The van der Waals surface area contributed by atoms with E-state index in [0.717, 1.165) is 21.3 Å². The Morgan fingerprint density at radius 1 is 1.00 bits per heavy atom. The largest absolute Gasteiger partial charge is 0.493 e. The molecule has 0 radical (unpaired) electrons. The van der Waals surface area contributed by atoms with E-state index in [1.165, 1.54) is 12.1 Å². The van der Waals surface area contributed by atoms with Gasteiger partial charge in [0.05, 0.1) is 7.11 Å². The molecule has 0 spiro atoms. The molecule has 0 fully saturated rings. The molecule has 0 bridgehead atoms. The second kappa shape index (κ2) is 9.11. The number of hydrogen-bond acceptors (Lipinski definition) is 3. The smallest absolute Gasteiger partial charge is 0.162 e. The lowest BCUT2D eigenvalue weighted by Crippen LogP contribution is -2.03. The third kappa shape index (κ3) is 5.37. The quantitative estimate of drug-likeness (QED) is 0.449. The molecule has 0 unspecified atom stereocenters. The van der Waals surface area contributed by atoms with Gasteiger partial charge in [0.2, 0.25) is 0 Å². The van der Waals surface area contributed by atoms with Gasteiger partial charge in [0.25, 0.3) is 0 Å². The van der Waals surface area contributed by atoms with Crippen LogP contribution in [-0.2, 0) is 13.2 Å². The van der Waals surface area contributed by atoms with Crippen molar-refractivity contribution >= 4 is 33.2 Å². The summed E-state index contributed by atoms with van der Waals surface area (Å²) in [5.74, 6) is 0.980. The Balaban J connectivity index is 1.70. The number of rotatable bonds is 7. The van der Waals surface area contributed by atoms with Crippen LogP contribution in [0.2, 0.25) is 5.02 Å². The Hall–Kier alpha value is -2.24. The molecule has 0 aliphatic rings. The normalized spacial score (nSPS) is 10.5. The molecule has 0 heterocycles. The first-order chi connectivity index (χ1) is 13.0. The molecule has 0 aliphatic carbocycles. The summed E-state index contributed by atoms with van der Waals surface area (Å²) in [5.41, 5.74) is 2.88. The molecule has 6 heteroatoms. The van der Waals surface area contributed by atoms with Gasteiger partial charge in [-0.15, -0.1) is 0 Å². The third-order valence-corrected chi connectivity index (χ3v) is 4.96. The summed E-state index contributed by atoms with van der Waals surface area (Å²) < 4.78 is 25.2. The lowest BCUT2D eigenvalue weighted by Gasteiger charge is -2.15. The highest BCUT2D eigenvalue weighted by molar-refractivity contribution is 9.10. The Morgan fingerprint density at radius 3 is 2.37 bits per heavy atom. The first-order valence-corrected chi connectivity index (χ1v) is 9.45. The monoisotopic (exact) mass is 449 g/mol. The lowest BCUT2D eigenvalue weighted by molar-refractivity contribution is 0.284. The van der Waals surface area contributed by atoms with E-state index < -0.39 is 0 Å². The average molecular weight is 451 g/mol. The minimum absolute atomic E-state index is 0.267. The van der Waals surface area contributed by atoms with Crippen molar-refractivity contribution in [2.75, 3.05) is 12.4 Å². The highest BCUT2D eigenvalue weighted by Gasteiger charge is 2.11. The molecule has 3 aromatic rings. The molecule has 0 aliphatic heterocycles. The second-order valence-electron chi connectivity index (χ2n) is 5.87. The molecule has 0 aromatic heterocycles. The molecule has 0 saturated carbocycles. The second-order valence-corrected chi connectivity index (χ2v) is 7.16. The minimum Gasteiger partial charge on any atom is -0.493 e. The van der Waals surface area contributed by atoms with Gasteiger partial charge in [-0.3, -0.25) is 0 Å². The molecule has 1 N–H and O–H groups in total. The van der Waals surface area contributed by atoms with Crippen LogP contribution in [0.3, 0.4) is 0 Å². The van der Waals surface area contributed by atoms with Crippen molar-refractivity contribution in [3.8, 4) is 11.5 Å². The van der Waals surface area contributed by atoms with Crippen LogP contribution in [0.25, 0.3) is 0 Å². The predicted molar refractivity (Wildman–Crippen MR) is 110 cm³/mol.